The number of nitrogens with zero attached hydrogens (tertiary/aromatic N) is 1. The zero-order valence-corrected chi connectivity index (χ0v) is 16.5. The van der Waals surface area contributed by atoms with E-state index in [4.69, 9.17) is 0 Å². The van der Waals surface area contributed by atoms with Crippen molar-refractivity contribution in [1.82, 2.24) is 5.32 Å². The van der Waals surface area contributed by atoms with Crippen LogP contribution in [0.4, 0.5) is 0 Å². The van der Waals surface area contributed by atoms with Gasteiger partial charge in [0, 0.05) is 19.4 Å². The molecule has 0 saturated heterocycles. The number of amides is 1. The molecule has 0 rings (SSSR count). The predicted molar refractivity (Wildman–Crippen MR) is 102 cm³/mol. The quantitative estimate of drug-likeness (QED) is 0.317. The van der Waals surface area contributed by atoms with E-state index in [-0.39, 0.29) is 5.91 Å². The number of hydrogen-bond donors (Lipinski definition) is 1. The van der Waals surface area contributed by atoms with E-state index >= 15 is 0 Å². The Morgan fingerprint density at radius 3 is 1.83 bits per heavy atom. The molecule has 0 radical (unpaired) electrons. The third-order valence-corrected chi connectivity index (χ3v) is 4.88. The van der Waals surface area contributed by atoms with Crippen molar-refractivity contribution < 1.29 is 9.28 Å². The minimum atomic E-state index is 0.242. The fourth-order valence-electron chi connectivity index (χ4n) is 2.75. The van der Waals surface area contributed by atoms with Crippen LogP contribution in [-0.4, -0.2) is 44.1 Å². The lowest BCUT2D eigenvalue weighted by atomic mass is 10.1. The van der Waals surface area contributed by atoms with Crippen molar-refractivity contribution in [2.45, 2.75) is 90.9 Å². The molecule has 138 valence electrons. The van der Waals surface area contributed by atoms with Gasteiger partial charge in [-0.15, -0.1) is 0 Å². The molecule has 0 saturated carbocycles. The molecule has 0 heterocycles. The van der Waals surface area contributed by atoms with Gasteiger partial charge in [-0.1, -0.05) is 64.7 Å². The zero-order chi connectivity index (χ0) is 17.4. The largest absolute Gasteiger partial charge is 0.356 e. The van der Waals surface area contributed by atoms with Crippen molar-refractivity contribution in [2.75, 3.05) is 33.7 Å². The summed E-state index contributed by atoms with van der Waals surface area (Å²) in [6, 6.07) is 0. The van der Waals surface area contributed by atoms with Crippen molar-refractivity contribution in [3.63, 3.8) is 0 Å². The Hall–Kier alpha value is -0.570. The van der Waals surface area contributed by atoms with E-state index in [1.807, 2.05) is 0 Å². The van der Waals surface area contributed by atoms with E-state index in [1.165, 1.54) is 57.8 Å². The molecule has 0 aromatic carbocycles. The first-order valence-electron chi connectivity index (χ1n) is 10.1. The Morgan fingerprint density at radius 1 is 0.783 bits per heavy atom. The van der Waals surface area contributed by atoms with Gasteiger partial charge in [0.1, 0.15) is 0 Å². The maximum Gasteiger partial charge on any atom is 0.219 e. The van der Waals surface area contributed by atoms with Gasteiger partial charge in [0.05, 0.1) is 27.2 Å². The SMILES string of the molecule is CCCCCCCCCCCCC(=O)NCCC[N+](C)(C)CC. The molecule has 1 N–H and O–H groups in total. The molecule has 0 bridgehead atoms. The number of quaternary nitrogens is 1. The smallest absolute Gasteiger partial charge is 0.219 e. The first-order valence-corrected chi connectivity index (χ1v) is 10.1. The molecule has 0 aromatic heterocycles. The third-order valence-electron chi connectivity index (χ3n) is 4.88. The van der Waals surface area contributed by atoms with E-state index in [0.29, 0.717) is 6.42 Å². The minimum Gasteiger partial charge on any atom is -0.356 e. The Morgan fingerprint density at radius 2 is 1.30 bits per heavy atom. The highest BCUT2D eigenvalue weighted by Crippen LogP contribution is 2.11. The standard InChI is InChI=1S/C20H42N2O/c1-5-7-8-9-10-11-12-13-14-15-17-20(23)21-18-16-19-22(3,4)6-2/h5-19H2,1-4H3/p+1. The van der Waals surface area contributed by atoms with E-state index < -0.39 is 0 Å². The number of rotatable bonds is 16. The second-order valence-electron chi connectivity index (χ2n) is 7.61. The molecule has 0 aromatic rings. The van der Waals surface area contributed by atoms with Gasteiger partial charge < -0.3 is 9.80 Å². The van der Waals surface area contributed by atoms with Crippen LogP contribution in [0, 0.1) is 0 Å². The molecule has 1 amide bonds. The lowest BCUT2D eigenvalue weighted by Gasteiger charge is -2.28. The van der Waals surface area contributed by atoms with Crippen molar-refractivity contribution in [1.29, 1.82) is 0 Å². The molecule has 0 unspecified atom stereocenters. The lowest BCUT2D eigenvalue weighted by molar-refractivity contribution is -0.888. The normalized spacial score (nSPS) is 11.7. The molecule has 23 heavy (non-hydrogen) atoms. The highest BCUT2D eigenvalue weighted by atomic mass is 16.1. The van der Waals surface area contributed by atoms with Crippen molar-refractivity contribution >= 4 is 5.91 Å². The number of hydrogen-bond acceptors (Lipinski definition) is 1. The van der Waals surface area contributed by atoms with Crippen LogP contribution >= 0.6 is 0 Å². The van der Waals surface area contributed by atoms with Gasteiger partial charge >= 0.3 is 0 Å². The average molecular weight is 328 g/mol. The van der Waals surface area contributed by atoms with E-state index in [9.17, 15) is 4.79 Å². The first kappa shape index (κ1) is 22.4. The number of carbonyl (C=O) groups excluding carboxylic acids is 1. The summed E-state index contributed by atoms with van der Waals surface area (Å²) in [6.07, 6.45) is 15.0. The fraction of sp³-hybridized carbons (Fsp3) is 0.950. The third kappa shape index (κ3) is 16.1. The molecule has 3 nitrogen and oxygen atoms in total. The summed E-state index contributed by atoms with van der Waals surface area (Å²) in [5, 5.41) is 3.06. The maximum atomic E-state index is 11.8. The Kier molecular flexibility index (Phi) is 14.6. The number of carbonyl (C=O) groups is 1. The Bertz CT molecular complexity index is 277. The van der Waals surface area contributed by atoms with E-state index in [1.54, 1.807) is 0 Å². The van der Waals surface area contributed by atoms with E-state index in [0.717, 1.165) is 37.0 Å². The van der Waals surface area contributed by atoms with Gasteiger partial charge in [-0.25, -0.2) is 0 Å². The maximum absolute atomic E-state index is 11.8. The van der Waals surface area contributed by atoms with Crippen LogP contribution in [0.25, 0.3) is 0 Å². The number of nitrogens with one attached hydrogen (secondary N) is 1. The van der Waals surface area contributed by atoms with Gasteiger partial charge in [-0.2, -0.15) is 0 Å². The predicted octanol–water partition coefficient (Wildman–Crippen LogP) is 4.90. The second-order valence-corrected chi connectivity index (χ2v) is 7.61. The van der Waals surface area contributed by atoms with Crippen LogP contribution in [0.1, 0.15) is 90.9 Å². The van der Waals surface area contributed by atoms with Gasteiger partial charge in [0.15, 0.2) is 0 Å². The van der Waals surface area contributed by atoms with Crippen molar-refractivity contribution in [3.05, 3.63) is 0 Å². The Labute approximate surface area is 145 Å². The van der Waals surface area contributed by atoms with Gasteiger partial charge in [-0.3, -0.25) is 4.79 Å². The van der Waals surface area contributed by atoms with E-state index in [2.05, 4.69) is 33.3 Å². The van der Waals surface area contributed by atoms with Crippen LogP contribution in [0.5, 0.6) is 0 Å². The minimum absolute atomic E-state index is 0.242. The highest BCUT2D eigenvalue weighted by Gasteiger charge is 2.10. The Balaban J connectivity index is 3.28. The summed E-state index contributed by atoms with van der Waals surface area (Å²) >= 11 is 0. The fourth-order valence-corrected chi connectivity index (χ4v) is 2.75. The van der Waals surface area contributed by atoms with Crippen LogP contribution in [0.2, 0.25) is 0 Å². The molecule has 0 aliphatic carbocycles. The molecule has 0 aliphatic heterocycles. The zero-order valence-electron chi connectivity index (χ0n) is 16.5. The summed E-state index contributed by atoms with van der Waals surface area (Å²) in [5.74, 6) is 0.242. The highest BCUT2D eigenvalue weighted by molar-refractivity contribution is 5.75. The van der Waals surface area contributed by atoms with Crippen LogP contribution < -0.4 is 5.32 Å². The number of unbranched alkanes of at least 4 members (excludes halogenated alkanes) is 9. The topological polar surface area (TPSA) is 29.1 Å². The molecule has 0 spiro atoms. The van der Waals surface area contributed by atoms with Crippen LogP contribution in [-0.2, 0) is 4.79 Å². The summed E-state index contributed by atoms with van der Waals surface area (Å²) < 4.78 is 1.04. The summed E-state index contributed by atoms with van der Waals surface area (Å²) in [7, 11) is 4.48. The molecule has 3 heteroatoms. The monoisotopic (exact) mass is 327 g/mol. The summed E-state index contributed by atoms with van der Waals surface area (Å²) in [6.45, 7) is 7.59. The van der Waals surface area contributed by atoms with Crippen LogP contribution in [0.15, 0.2) is 0 Å². The lowest BCUT2D eigenvalue weighted by Crippen LogP contribution is -2.41. The van der Waals surface area contributed by atoms with Crippen LogP contribution in [0.3, 0.4) is 0 Å². The first-order chi connectivity index (χ1) is 11.0. The van der Waals surface area contributed by atoms with Crippen molar-refractivity contribution in [2.24, 2.45) is 0 Å². The van der Waals surface area contributed by atoms with Gasteiger partial charge in [0.25, 0.3) is 0 Å². The molecular formula is C20H43N2O+. The summed E-state index contributed by atoms with van der Waals surface area (Å²) in [4.78, 5) is 11.8. The second kappa shape index (κ2) is 15.0. The molecule has 0 aliphatic rings. The van der Waals surface area contributed by atoms with Gasteiger partial charge in [0.2, 0.25) is 5.91 Å². The van der Waals surface area contributed by atoms with Gasteiger partial charge in [-0.05, 0) is 13.3 Å². The summed E-state index contributed by atoms with van der Waals surface area (Å²) in [5.41, 5.74) is 0. The molecular weight excluding hydrogens is 284 g/mol. The average Bonchev–Trinajstić information content (AvgIpc) is 2.53. The van der Waals surface area contributed by atoms with Crippen molar-refractivity contribution in [3.8, 4) is 0 Å². The molecule has 0 atom stereocenters. The molecule has 0 fully saturated rings.